The second-order valence-corrected chi connectivity index (χ2v) is 6.27. The van der Waals surface area contributed by atoms with Gasteiger partial charge in [-0.3, -0.25) is 4.98 Å². The molecule has 0 fully saturated rings. The number of esters is 1. The van der Waals surface area contributed by atoms with Gasteiger partial charge in [0.05, 0.1) is 31.6 Å². The molecule has 3 rings (SSSR count). The van der Waals surface area contributed by atoms with Crippen LogP contribution in [0.4, 0.5) is 0 Å². The molecule has 2 heterocycles. The first-order chi connectivity index (χ1) is 13.2. The van der Waals surface area contributed by atoms with Gasteiger partial charge in [0, 0.05) is 6.20 Å². The number of carbonyl (C=O) groups is 1. The van der Waals surface area contributed by atoms with Gasteiger partial charge in [0.1, 0.15) is 17.2 Å². The average molecular weight is 382 g/mol. The summed E-state index contributed by atoms with van der Waals surface area (Å²) in [5.74, 6) is 0.0289. The Morgan fingerprint density at radius 3 is 2.70 bits per heavy atom. The Labute approximate surface area is 161 Å². The Kier molecular flexibility index (Phi) is 6.17. The second-order valence-electron chi connectivity index (χ2n) is 5.41. The van der Waals surface area contributed by atoms with Gasteiger partial charge in [0.25, 0.3) is 0 Å². The zero-order valence-corrected chi connectivity index (χ0v) is 15.7. The van der Waals surface area contributed by atoms with Crippen molar-refractivity contribution in [3.8, 4) is 16.6 Å². The lowest BCUT2D eigenvalue weighted by atomic mass is 10.0. The van der Waals surface area contributed by atoms with E-state index in [2.05, 4.69) is 9.97 Å². The van der Waals surface area contributed by atoms with Crippen LogP contribution in [0, 0.1) is 0 Å². The molecule has 138 valence electrons. The van der Waals surface area contributed by atoms with Gasteiger partial charge in [-0.05, 0) is 23.3 Å². The highest BCUT2D eigenvalue weighted by molar-refractivity contribution is 7.13. The number of carbonyl (C=O) groups excluding carboxylic acids is 1. The SMILES string of the molecule is CO/C=C(/C(=O)OC)c1ccccc1COc1csc(-c2ccccn2)n1. The van der Waals surface area contributed by atoms with Crippen molar-refractivity contribution < 1.29 is 19.0 Å². The summed E-state index contributed by atoms with van der Waals surface area (Å²) in [5.41, 5.74) is 2.63. The van der Waals surface area contributed by atoms with Gasteiger partial charge in [-0.15, -0.1) is 11.3 Å². The average Bonchev–Trinajstić information content (AvgIpc) is 3.20. The molecule has 0 radical (unpaired) electrons. The molecule has 0 amide bonds. The number of pyridine rings is 1. The van der Waals surface area contributed by atoms with Crippen molar-refractivity contribution in [2.24, 2.45) is 0 Å². The minimum atomic E-state index is -0.476. The molecule has 0 saturated heterocycles. The zero-order chi connectivity index (χ0) is 19.1. The Bertz CT molecular complexity index is 938. The van der Waals surface area contributed by atoms with Crippen LogP contribution >= 0.6 is 11.3 Å². The van der Waals surface area contributed by atoms with Crippen molar-refractivity contribution in [2.45, 2.75) is 6.61 Å². The summed E-state index contributed by atoms with van der Waals surface area (Å²) in [6, 6.07) is 13.1. The largest absolute Gasteiger partial charge is 0.503 e. The third-order valence-electron chi connectivity index (χ3n) is 3.69. The van der Waals surface area contributed by atoms with Crippen LogP contribution in [-0.2, 0) is 20.9 Å². The van der Waals surface area contributed by atoms with Crippen molar-refractivity contribution >= 4 is 22.9 Å². The predicted octanol–water partition coefficient (Wildman–Crippen LogP) is 3.94. The number of benzene rings is 1. The number of methoxy groups -OCH3 is 2. The van der Waals surface area contributed by atoms with Crippen molar-refractivity contribution in [1.82, 2.24) is 9.97 Å². The number of thiazole rings is 1. The summed E-state index contributed by atoms with van der Waals surface area (Å²) in [6.45, 7) is 0.250. The van der Waals surface area contributed by atoms with E-state index in [1.807, 2.05) is 47.8 Å². The summed E-state index contributed by atoms with van der Waals surface area (Å²) in [4.78, 5) is 20.8. The van der Waals surface area contributed by atoms with Crippen molar-refractivity contribution in [1.29, 1.82) is 0 Å². The topological polar surface area (TPSA) is 70.5 Å². The minimum Gasteiger partial charge on any atom is -0.503 e. The molecule has 2 aromatic heterocycles. The van der Waals surface area contributed by atoms with Gasteiger partial charge in [-0.1, -0.05) is 30.3 Å². The number of rotatable bonds is 7. The summed E-state index contributed by atoms with van der Waals surface area (Å²) in [6.07, 6.45) is 3.09. The van der Waals surface area contributed by atoms with Crippen LogP contribution < -0.4 is 4.74 Å². The Morgan fingerprint density at radius 1 is 1.15 bits per heavy atom. The van der Waals surface area contributed by atoms with Crippen LogP contribution in [0.2, 0.25) is 0 Å². The fourth-order valence-electron chi connectivity index (χ4n) is 2.44. The quantitative estimate of drug-likeness (QED) is 0.350. The standard InChI is InChI=1S/C20H18N2O4S/c1-24-12-16(20(23)25-2)15-8-4-3-7-14(15)11-26-18-13-27-19(22-18)17-9-5-6-10-21-17/h3-10,12-13H,11H2,1-2H3/b16-12+. The van der Waals surface area contributed by atoms with Crippen LogP contribution in [0.5, 0.6) is 5.88 Å². The normalized spacial score (nSPS) is 11.1. The molecule has 0 saturated carbocycles. The first-order valence-corrected chi connectivity index (χ1v) is 9.00. The van der Waals surface area contributed by atoms with Crippen molar-refractivity contribution in [2.75, 3.05) is 14.2 Å². The fourth-order valence-corrected chi connectivity index (χ4v) is 3.16. The monoisotopic (exact) mass is 382 g/mol. The summed E-state index contributed by atoms with van der Waals surface area (Å²) in [5, 5.41) is 2.62. The molecule has 0 atom stereocenters. The van der Waals surface area contributed by atoms with Gasteiger partial charge < -0.3 is 14.2 Å². The smallest absolute Gasteiger partial charge is 0.341 e. The van der Waals surface area contributed by atoms with Crippen LogP contribution in [0.15, 0.2) is 60.3 Å². The minimum absolute atomic E-state index is 0.250. The molecule has 0 aliphatic heterocycles. The van der Waals surface area contributed by atoms with Gasteiger partial charge in [0.15, 0.2) is 0 Å². The number of nitrogens with zero attached hydrogens (tertiary/aromatic N) is 2. The summed E-state index contributed by atoms with van der Waals surface area (Å²) >= 11 is 1.46. The van der Waals surface area contributed by atoms with Crippen LogP contribution in [0.3, 0.4) is 0 Å². The molecule has 3 aromatic rings. The summed E-state index contributed by atoms with van der Waals surface area (Å²) < 4.78 is 15.7. The van der Waals surface area contributed by atoms with E-state index in [1.54, 1.807) is 6.20 Å². The van der Waals surface area contributed by atoms with E-state index < -0.39 is 5.97 Å². The van der Waals surface area contributed by atoms with Gasteiger partial charge >= 0.3 is 5.97 Å². The maximum absolute atomic E-state index is 12.1. The molecule has 6 nitrogen and oxygen atoms in total. The van der Waals surface area contributed by atoms with E-state index in [9.17, 15) is 4.79 Å². The van der Waals surface area contributed by atoms with Crippen LogP contribution in [0.1, 0.15) is 11.1 Å². The highest BCUT2D eigenvalue weighted by Crippen LogP contribution is 2.27. The molecule has 7 heteroatoms. The Hall–Kier alpha value is -3.19. The lowest BCUT2D eigenvalue weighted by Gasteiger charge is -2.11. The van der Waals surface area contributed by atoms with E-state index in [4.69, 9.17) is 14.2 Å². The molecular weight excluding hydrogens is 364 g/mol. The van der Waals surface area contributed by atoms with Gasteiger partial charge in [-0.25, -0.2) is 9.78 Å². The Morgan fingerprint density at radius 2 is 1.96 bits per heavy atom. The molecule has 27 heavy (non-hydrogen) atoms. The zero-order valence-electron chi connectivity index (χ0n) is 14.9. The van der Waals surface area contributed by atoms with Gasteiger partial charge in [-0.2, -0.15) is 0 Å². The Balaban J connectivity index is 1.78. The van der Waals surface area contributed by atoms with Crippen molar-refractivity contribution in [3.63, 3.8) is 0 Å². The van der Waals surface area contributed by atoms with Crippen LogP contribution in [-0.4, -0.2) is 30.2 Å². The maximum atomic E-state index is 12.1. The highest BCUT2D eigenvalue weighted by atomic mass is 32.1. The molecule has 0 aliphatic rings. The fraction of sp³-hybridized carbons (Fsp3) is 0.150. The molecule has 0 bridgehead atoms. The lowest BCUT2D eigenvalue weighted by Crippen LogP contribution is -2.08. The third kappa shape index (κ3) is 4.51. The molecule has 0 N–H and O–H groups in total. The van der Waals surface area contributed by atoms with E-state index in [0.717, 1.165) is 16.3 Å². The first-order valence-electron chi connectivity index (χ1n) is 8.12. The van der Waals surface area contributed by atoms with E-state index in [0.29, 0.717) is 17.0 Å². The number of aromatic nitrogens is 2. The molecule has 1 aromatic carbocycles. The van der Waals surface area contributed by atoms with E-state index in [-0.39, 0.29) is 6.61 Å². The molecular formula is C20H18N2O4S. The molecule has 0 spiro atoms. The number of hydrogen-bond donors (Lipinski definition) is 0. The number of hydrogen-bond acceptors (Lipinski definition) is 7. The highest BCUT2D eigenvalue weighted by Gasteiger charge is 2.17. The molecule has 0 aliphatic carbocycles. The predicted molar refractivity (Wildman–Crippen MR) is 103 cm³/mol. The number of ether oxygens (including phenoxy) is 3. The summed E-state index contributed by atoms with van der Waals surface area (Å²) in [7, 11) is 2.82. The van der Waals surface area contributed by atoms with Crippen LogP contribution in [0.25, 0.3) is 16.3 Å². The maximum Gasteiger partial charge on any atom is 0.341 e. The van der Waals surface area contributed by atoms with E-state index >= 15 is 0 Å². The van der Waals surface area contributed by atoms with Gasteiger partial charge in [0.2, 0.25) is 5.88 Å². The first kappa shape index (κ1) is 18.6. The second kappa shape index (κ2) is 8.95. The third-order valence-corrected chi connectivity index (χ3v) is 4.53. The molecule has 0 unspecified atom stereocenters. The lowest BCUT2D eigenvalue weighted by molar-refractivity contribution is -0.133. The van der Waals surface area contributed by atoms with E-state index in [1.165, 1.54) is 31.8 Å². The van der Waals surface area contributed by atoms with Crippen molar-refractivity contribution in [3.05, 3.63) is 71.4 Å².